The van der Waals surface area contributed by atoms with Crippen LogP contribution in [0, 0.1) is 0 Å². The normalized spacial score (nSPS) is 13.5. The molecule has 0 spiro atoms. The van der Waals surface area contributed by atoms with Gasteiger partial charge in [0.25, 0.3) is 5.22 Å². The first kappa shape index (κ1) is 21.2. The smallest absolute Gasteiger partial charge is 0.277 e. The quantitative estimate of drug-likeness (QED) is 0.528. The lowest BCUT2D eigenvalue weighted by Crippen LogP contribution is -2.24. The SMILES string of the molecule is COc1ccc(NC(=O)CSc2nnc(-c3ccc(Cl)cc3)o2)cc1N1CCCC1=O. The molecule has 160 valence electrons. The van der Waals surface area contributed by atoms with E-state index in [1.807, 2.05) is 0 Å². The minimum atomic E-state index is -0.236. The van der Waals surface area contributed by atoms with Gasteiger partial charge in [0, 0.05) is 29.2 Å². The first-order chi connectivity index (χ1) is 15.0. The lowest BCUT2D eigenvalue weighted by molar-refractivity contribution is -0.117. The van der Waals surface area contributed by atoms with Gasteiger partial charge in [-0.05, 0) is 48.9 Å². The topological polar surface area (TPSA) is 97.6 Å². The van der Waals surface area contributed by atoms with Gasteiger partial charge in [0.2, 0.25) is 17.7 Å². The summed E-state index contributed by atoms with van der Waals surface area (Å²) in [5, 5.41) is 11.7. The zero-order valence-electron chi connectivity index (χ0n) is 16.6. The third kappa shape index (κ3) is 5.00. The first-order valence-electron chi connectivity index (χ1n) is 9.54. The Labute approximate surface area is 187 Å². The van der Waals surface area contributed by atoms with Gasteiger partial charge in [-0.2, -0.15) is 0 Å². The number of aromatic nitrogens is 2. The number of benzene rings is 2. The summed E-state index contributed by atoms with van der Waals surface area (Å²) in [7, 11) is 1.55. The van der Waals surface area contributed by atoms with Gasteiger partial charge in [-0.1, -0.05) is 23.4 Å². The minimum Gasteiger partial charge on any atom is -0.495 e. The van der Waals surface area contributed by atoms with E-state index in [2.05, 4.69) is 15.5 Å². The van der Waals surface area contributed by atoms with Gasteiger partial charge in [-0.15, -0.1) is 10.2 Å². The van der Waals surface area contributed by atoms with E-state index in [0.29, 0.717) is 41.0 Å². The Bertz CT molecular complexity index is 1100. The molecule has 1 saturated heterocycles. The highest BCUT2D eigenvalue weighted by atomic mass is 35.5. The summed E-state index contributed by atoms with van der Waals surface area (Å²) in [5.74, 6) is 0.842. The highest BCUT2D eigenvalue weighted by molar-refractivity contribution is 7.99. The van der Waals surface area contributed by atoms with E-state index < -0.39 is 0 Å². The fourth-order valence-electron chi connectivity index (χ4n) is 3.18. The van der Waals surface area contributed by atoms with Crippen molar-refractivity contribution in [3.05, 3.63) is 47.5 Å². The van der Waals surface area contributed by atoms with Crippen LogP contribution in [0.15, 0.2) is 52.1 Å². The van der Waals surface area contributed by atoms with Gasteiger partial charge >= 0.3 is 0 Å². The first-order valence-corrected chi connectivity index (χ1v) is 10.9. The zero-order chi connectivity index (χ0) is 21.8. The number of hydrogen-bond donors (Lipinski definition) is 1. The molecule has 10 heteroatoms. The van der Waals surface area contributed by atoms with Crippen LogP contribution in [0.4, 0.5) is 11.4 Å². The maximum atomic E-state index is 12.4. The van der Waals surface area contributed by atoms with Crippen LogP contribution in [-0.2, 0) is 9.59 Å². The molecular formula is C21H19ClN4O4S. The lowest BCUT2D eigenvalue weighted by atomic mass is 10.2. The van der Waals surface area contributed by atoms with E-state index in [0.717, 1.165) is 23.7 Å². The summed E-state index contributed by atoms with van der Waals surface area (Å²) in [4.78, 5) is 26.2. The molecule has 0 radical (unpaired) electrons. The van der Waals surface area contributed by atoms with Crippen molar-refractivity contribution in [2.75, 3.05) is 29.6 Å². The van der Waals surface area contributed by atoms with Crippen molar-refractivity contribution in [3.8, 4) is 17.2 Å². The largest absolute Gasteiger partial charge is 0.495 e. The number of thioether (sulfide) groups is 1. The highest BCUT2D eigenvalue weighted by Crippen LogP contribution is 2.34. The van der Waals surface area contributed by atoms with E-state index >= 15 is 0 Å². The van der Waals surface area contributed by atoms with Crippen molar-refractivity contribution in [1.82, 2.24) is 10.2 Å². The maximum Gasteiger partial charge on any atom is 0.277 e. The molecule has 2 aromatic carbocycles. The molecule has 2 heterocycles. The van der Waals surface area contributed by atoms with Crippen molar-refractivity contribution in [3.63, 3.8) is 0 Å². The van der Waals surface area contributed by atoms with Gasteiger partial charge in [-0.25, -0.2) is 0 Å². The van der Waals surface area contributed by atoms with Crippen LogP contribution in [0.25, 0.3) is 11.5 Å². The Balaban J connectivity index is 1.38. The molecule has 0 saturated carbocycles. The van der Waals surface area contributed by atoms with E-state index in [1.54, 1.807) is 54.5 Å². The summed E-state index contributed by atoms with van der Waals surface area (Å²) >= 11 is 7.02. The number of nitrogens with one attached hydrogen (secondary N) is 1. The van der Waals surface area contributed by atoms with Crippen molar-refractivity contribution in [2.45, 2.75) is 18.1 Å². The van der Waals surface area contributed by atoms with E-state index in [9.17, 15) is 9.59 Å². The third-order valence-electron chi connectivity index (χ3n) is 4.65. The average molecular weight is 459 g/mol. The highest BCUT2D eigenvalue weighted by Gasteiger charge is 2.25. The predicted octanol–water partition coefficient (Wildman–Crippen LogP) is 4.26. The Hall–Kier alpha value is -3.04. The molecule has 1 aliphatic heterocycles. The number of anilines is 2. The summed E-state index contributed by atoms with van der Waals surface area (Å²) in [6.07, 6.45) is 1.32. The summed E-state index contributed by atoms with van der Waals surface area (Å²) in [6.45, 7) is 0.634. The van der Waals surface area contributed by atoms with E-state index in [1.165, 1.54) is 0 Å². The summed E-state index contributed by atoms with van der Waals surface area (Å²) < 4.78 is 11.0. The Morgan fingerprint density at radius 2 is 2.06 bits per heavy atom. The number of hydrogen-bond acceptors (Lipinski definition) is 7. The predicted molar refractivity (Wildman–Crippen MR) is 119 cm³/mol. The third-order valence-corrected chi connectivity index (χ3v) is 5.72. The Morgan fingerprint density at radius 3 is 2.77 bits per heavy atom. The van der Waals surface area contributed by atoms with Crippen LogP contribution in [-0.4, -0.2) is 41.4 Å². The molecule has 0 unspecified atom stereocenters. The molecule has 1 aliphatic rings. The molecular weight excluding hydrogens is 440 g/mol. The van der Waals surface area contributed by atoms with Gasteiger partial charge in [0.1, 0.15) is 5.75 Å². The molecule has 1 N–H and O–H groups in total. The average Bonchev–Trinajstić information content (AvgIpc) is 3.42. The van der Waals surface area contributed by atoms with Crippen molar-refractivity contribution >= 4 is 46.6 Å². The number of rotatable bonds is 7. The molecule has 3 aromatic rings. The second-order valence-corrected chi connectivity index (χ2v) is 8.12. The van der Waals surface area contributed by atoms with Gasteiger partial charge in [-0.3, -0.25) is 9.59 Å². The monoisotopic (exact) mass is 458 g/mol. The molecule has 1 aromatic heterocycles. The number of ether oxygens (including phenoxy) is 1. The van der Waals surface area contributed by atoms with Crippen LogP contribution in [0.1, 0.15) is 12.8 Å². The standard InChI is InChI=1S/C21H19ClN4O4S/c1-29-17-9-8-15(11-16(17)26-10-2-3-19(26)28)23-18(27)12-31-21-25-24-20(30-21)13-4-6-14(22)7-5-13/h4-9,11H,2-3,10,12H2,1H3,(H,23,27). The molecule has 0 bridgehead atoms. The second kappa shape index (κ2) is 9.40. The fourth-order valence-corrected chi connectivity index (χ4v) is 3.87. The van der Waals surface area contributed by atoms with Crippen molar-refractivity contribution in [1.29, 1.82) is 0 Å². The number of carbonyl (C=O) groups is 2. The van der Waals surface area contributed by atoms with Crippen LogP contribution in [0.3, 0.4) is 0 Å². The molecule has 8 nitrogen and oxygen atoms in total. The van der Waals surface area contributed by atoms with Crippen molar-refractivity contribution < 1.29 is 18.7 Å². The number of halogens is 1. The van der Waals surface area contributed by atoms with Gasteiger partial charge in [0.15, 0.2) is 0 Å². The van der Waals surface area contributed by atoms with Crippen molar-refractivity contribution in [2.24, 2.45) is 0 Å². The Morgan fingerprint density at radius 1 is 1.26 bits per heavy atom. The number of amides is 2. The number of nitrogens with zero attached hydrogens (tertiary/aromatic N) is 3. The molecule has 0 atom stereocenters. The number of carbonyl (C=O) groups excluding carboxylic acids is 2. The van der Waals surface area contributed by atoms with Crippen LogP contribution < -0.4 is 15.0 Å². The molecule has 2 amide bonds. The van der Waals surface area contributed by atoms with Crippen LogP contribution >= 0.6 is 23.4 Å². The Kier molecular flexibility index (Phi) is 6.43. The molecule has 0 aliphatic carbocycles. The summed E-state index contributed by atoms with van der Waals surface area (Å²) in [6, 6.07) is 12.2. The maximum absolute atomic E-state index is 12.4. The number of methoxy groups -OCH3 is 1. The fraction of sp³-hybridized carbons (Fsp3) is 0.238. The summed E-state index contributed by atoms with van der Waals surface area (Å²) in [5.41, 5.74) is 1.98. The van der Waals surface area contributed by atoms with Gasteiger partial charge in [0.05, 0.1) is 18.6 Å². The molecule has 31 heavy (non-hydrogen) atoms. The zero-order valence-corrected chi connectivity index (χ0v) is 18.2. The van der Waals surface area contributed by atoms with E-state index in [-0.39, 0.29) is 22.8 Å². The lowest BCUT2D eigenvalue weighted by Gasteiger charge is -2.20. The van der Waals surface area contributed by atoms with E-state index in [4.69, 9.17) is 20.8 Å². The van der Waals surface area contributed by atoms with Gasteiger partial charge < -0.3 is 19.4 Å². The molecule has 1 fully saturated rings. The minimum absolute atomic E-state index is 0.0465. The van der Waals surface area contributed by atoms with Crippen LogP contribution in [0.2, 0.25) is 5.02 Å². The second-order valence-electron chi connectivity index (χ2n) is 6.75. The van der Waals surface area contributed by atoms with Crippen LogP contribution in [0.5, 0.6) is 5.75 Å². The molecule has 4 rings (SSSR count).